The number of alkyl halides is 5. The molecule has 0 atom stereocenters. The van der Waals surface area contributed by atoms with Gasteiger partial charge in [-0.15, -0.1) is 0 Å². The van der Waals surface area contributed by atoms with E-state index < -0.39 is 35.0 Å². The average Bonchev–Trinajstić information content (AvgIpc) is 2.15. The van der Waals surface area contributed by atoms with Gasteiger partial charge in [-0.25, -0.2) is 9.18 Å². The van der Waals surface area contributed by atoms with E-state index in [1.165, 1.54) is 0 Å². The Kier molecular flexibility index (Phi) is 3.09. The highest BCUT2D eigenvalue weighted by atomic mass is 19.4. The molecule has 0 saturated heterocycles. The van der Waals surface area contributed by atoms with Gasteiger partial charge in [-0.2, -0.15) is 22.0 Å². The Morgan fingerprint density at radius 2 is 1.65 bits per heavy atom. The van der Waals surface area contributed by atoms with E-state index in [0.717, 1.165) is 0 Å². The van der Waals surface area contributed by atoms with Crippen LogP contribution in [0.4, 0.5) is 26.3 Å². The highest BCUT2D eigenvalue weighted by Crippen LogP contribution is 2.44. The molecular weight excluding hydrogens is 254 g/mol. The third-order valence-electron chi connectivity index (χ3n) is 1.92. The van der Waals surface area contributed by atoms with Gasteiger partial charge in [0.2, 0.25) is 0 Å². The summed E-state index contributed by atoms with van der Waals surface area (Å²) in [5, 5.41) is 8.39. The maximum atomic E-state index is 12.8. The van der Waals surface area contributed by atoms with Crippen LogP contribution >= 0.6 is 0 Å². The van der Waals surface area contributed by atoms with Gasteiger partial charge in [0.05, 0.1) is 5.56 Å². The highest BCUT2D eigenvalue weighted by molar-refractivity contribution is 5.88. The summed E-state index contributed by atoms with van der Waals surface area (Å²) < 4.78 is 74.3. The van der Waals surface area contributed by atoms with Crippen molar-refractivity contribution in [1.29, 1.82) is 0 Å². The first-order valence-corrected chi connectivity index (χ1v) is 4.05. The first kappa shape index (κ1) is 13.3. The van der Waals surface area contributed by atoms with Crippen LogP contribution in [0.1, 0.15) is 15.9 Å². The molecule has 0 unspecified atom stereocenters. The van der Waals surface area contributed by atoms with Crippen LogP contribution < -0.4 is 0 Å². The molecule has 0 aliphatic heterocycles. The van der Waals surface area contributed by atoms with Crippen molar-refractivity contribution in [2.45, 2.75) is 12.1 Å². The Morgan fingerprint density at radius 1 is 1.12 bits per heavy atom. The van der Waals surface area contributed by atoms with Crippen LogP contribution in [0.25, 0.3) is 0 Å². The van der Waals surface area contributed by atoms with E-state index in [-0.39, 0.29) is 18.2 Å². The first-order valence-electron chi connectivity index (χ1n) is 4.05. The molecule has 1 aromatic carbocycles. The fourth-order valence-corrected chi connectivity index (χ4v) is 1.05. The molecule has 0 saturated carbocycles. The summed E-state index contributed by atoms with van der Waals surface area (Å²) in [4.78, 5) is 10.4. The molecule has 0 heterocycles. The van der Waals surface area contributed by atoms with Crippen LogP contribution in [0.2, 0.25) is 0 Å². The van der Waals surface area contributed by atoms with Gasteiger partial charge in [-0.05, 0) is 18.2 Å². The molecule has 0 aliphatic carbocycles. The van der Waals surface area contributed by atoms with Gasteiger partial charge in [0.25, 0.3) is 0 Å². The van der Waals surface area contributed by atoms with Crippen molar-refractivity contribution >= 4 is 5.97 Å². The van der Waals surface area contributed by atoms with Gasteiger partial charge >= 0.3 is 18.1 Å². The van der Waals surface area contributed by atoms with Gasteiger partial charge in [0.15, 0.2) is 0 Å². The summed E-state index contributed by atoms with van der Waals surface area (Å²) >= 11 is 0. The number of carbonyl (C=O) groups is 1. The molecule has 1 N–H and O–H groups in total. The average molecular weight is 258 g/mol. The topological polar surface area (TPSA) is 37.3 Å². The Bertz CT molecular complexity index is 451. The molecule has 0 amide bonds. The van der Waals surface area contributed by atoms with Gasteiger partial charge in [-0.1, -0.05) is 0 Å². The molecule has 8 heteroatoms. The van der Waals surface area contributed by atoms with Gasteiger partial charge in [0.1, 0.15) is 5.82 Å². The van der Waals surface area contributed by atoms with Crippen LogP contribution in [0.5, 0.6) is 0 Å². The van der Waals surface area contributed by atoms with Crippen molar-refractivity contribution < 1.29 is 36.2 Å². The van der Waals surface area contributed by atoms with E-state index in [0.29, 0.717) is 0 Å². The lowest BCUT2D eigenvalue weighted by Gasteiger charge is -2.20. The number of aromatic carboxylic acids is 1. The lowest BCUT2D eigenvalue weighted by Crippen LogP contribution is -2.33. The van der Waals surface area contributed by atoms with E-state index in [4.69, 9.17) is 5.11 Å². The van der Waals surface area contributed by atoms with Crippen molar-refractivity contribution in [3.05, 3.63) is 35.1 Å². The smallest absolute Gasteiger partial charge is 0.458 e. The Hall–Kier alpha value is -1.73. The lowest BCUT2D eigenvalue weighted by atomic mass is 10.0. The Labute approximate surface area is 90.5 Å². The maximum Gasteiger partial charge on any atom is 0.458 e. The standard InChI is InChI=1S/C9H4F6O2/c10-6-2-1-4(3-5(6)7(16)17)8(11,12)9(13,14)15/h1-3H,(H,16,17). The van der Waals surface area contributed by atoms with Gasteiger partial charge < -0.3 is 5.11 Å². The molecule has 0 bridgehead atoms. The molecule has 0 radical (unpaired) electrons. The van der Waals surface area contributed by atoms with Crippen molar-refractivity contribution in [3.8, 4) is 0 Å². The van der Waals surface area contributed by atoms with Crippen LogP contribution in [0.3, 0.4) is 0 Å². The number of hydrogen-bond donors (Lipinski definition) is 1. The first-order chi connectivity index (χ1) is 7.57. The van der Waals surface area contributed by atoms with Crippen molar-refractivity contribution in [2.75, 3.05) is 0 Å². The molecule has 1 rings (SSSR count). The quantitative estimate of drug-likeness (QED) is 0.827. The number of hydrogen-bond acceptors (Lipinski definition) is 1. The second-order valence-electron chi connectivity index (χ2n) is 3.07. The minimum atomic E-state index is -5.87. The monoisotopic (exact) mass is 258 g/mol. The van der Waals surface area contributed by atoms with Crippen LogP contribution in [0.15, 0.2) is 18.2 Å². The zero-order valence-corrected chi connectivity index (χ0v) is 7.86. The van der Waals surface area contributed by atoms with E-state index in [1.807, 2.05) is 0 Å². The normalized spacial score (nSPS) is 12.6. The summed E-state index contributed by atoms with van der Waals surface area (Å²) in [6.45, 7) is 0. The lowest BCUT2D eigenvalue weighted by molar-refractivity contribution is -0.289. The summed E-state index contributed by atoms with van der Waals surface area (Å²) in [6.07, 6.45) is -5.87. The third-order valence-corrected chi connectivity index (χ3v) is 1.92. The highest BCUT2D eigenvalue weighted by Gasteiger charge is 2.58. The minimum absolute atomic E-state index is 0.0366. The molecule has 0 aromatic heterocycles. The van der Waals surface area contributed by atoms with E-state index >= 15 is 0 Å². The number of carboxylic acids is 1. The van der Waals surface area contributed by atoms with Crippen LogP contribution in [0, 0.1) is 5.82 Å². The minimum Gasteiger partial charge on any atom is -0.478 e. The van der Waals surface area contributed by atoms with Crippen molar-refractivity contribution in [3.63, 3.8) is 0 Å². The number of halogens is 6. The number of benzene rings is 1. The van der Waals surface area contributed by atoms with Crippen molar-refractivity contribution in [2.24, 2.45) is 0 Å². The number of carboxylic acid groups (broad SMARTS) is 1. The maximum absolute atomic E-state index is 12.8. The molecule has 0 fully saturated rings. The Morgan fingerprint density at radius 3 is 2.06 bits per heavy atom. The predicted octanol–water partition coefficient (Wildman–Crippen LogP) is 3.18. The molecule has 0 spiro atoms. The van der Waals surface area contributed by atoms with Gasteiger partial charge in [-0.3, -0.25) is 0 Å². The molecule has 17 heavy (non-hydrogen) atoms. The van der Waals surface area contributed by atoms with E-state index in [2.05, 4.69) is 0 Å². The van der Waals surface area contributed by atoms with E-state index in [1.54, 1.807) is 0 Å². The van der Waals surface area contributed by atoms with Crippen molar-refractivity contribution in [1.82, 2.24) is 0 Å². The molecular formula is C9H4F6O2. The zero-order valence-electron chi connectivity index (χ0n) is 7.86. The number of rotatable bonds is 2. The molecule has 1 aromatic rings. The largest absolute Gasteiger partial charge is 0.478 e. The van der Waals surface area contributed by atoms with Crippen LogP contribution in [-0.4, -0.2) is 17.3 Å². The van der Waals surface area contributed by atoms with E-state index in [9.17, 15) is 31.1 Å². The third kappa shape index (κ3) is 2.34. The predicted molar refractivity (Wildman–Crippen MR) is 43.3 cm³/mol. The molecule has 2 nitrogen and oxygen atoms in total. The zero-order chi connectivity index (χ0) is 13.4. The SMILES string of the molecule is O=C(O)c1cc(C(F)(F)C(F)(F)F)ccc1F. The summed E-state index contributed by atoms with van der Waals surface area (Å²) in [5.41, 5.74) is -2.87. The summed E-state index contributed by atoms with van der Waals surface area (Å²) in [6, 6.07) is 0.402. The second-order valence-corrected chi connectivity index (χ2v) is 3.07. The molecule has 94 valence electrons. The molecule has 0 aliphatic rings. The van der Waals surface area contributed by atoms with Crippen LogP contribution in [-0.2, 0) is 5.92 Å². The fourth-order valence-electron chi connectivity index (χ4n) is 1.05. The summed E-state index contributed by atoms with van der Waals surface area (Å²) in [5.74, 6) is -8.55. The second kappa shape index (κ2) is 3.94. The summed E-state index contributed by atoms with van der Waals surface area (Å²) in [7, 11) is 0. The fraction of sp³-hybridized carbons (Fsp3) is 0.222. The Balaban J connectivity index is 3.35. The van der Waals surface area contributed by atoms with Gasteiger partial charge in [0, 0.05) is 5.56 Å².